The van der Waals surface area contributed by atoms with Crippen molar-refractivity contribution in [1.29, 1.82) is 0 Å². The van der Waals surface area contributed by atoms with E-state index in [1.165, 1.54) is 11.3 Å². The predicted molar refractivity (Wildman–Crippen MR) is 61.8 cm³/mol. The van der Waals surface area contributed by atoms with Crippen LogP contribution in [0, 0.1) is 8.70 Å². The molecule has 0 spiro atoms. The van der Waals surface area contributed by atoms with Crippen LogP contribution in [0.1, 0.15) is 0 Å². The van der Waals surface area contributed by atoms with Crippen LogP contribution >= 0.6 is 46.6 Å². The molecule has 0 aliphatic rings. The van der Waals surface area contributed by atoms with Gasteiger partial charge in [0.1, 0.15) is 0 Å². The fraction of sp³-hybridized carbons (Fsp3) is 0. The summed E-state index contributed by atoms with van der Waals surface area (Å²) in [7, 11) is 0. The number of thiophene rings is 1. The van der Waals surface area contributed by atoms with Crippen LogP contribution in [0.15, 0.2) is 23.1 Å². The lowest BCUT2D eigenvalue weighted by Gasteiger charge is -1.94. The molecule has 1 heterocycles. The van der Waals surface area contributed by atoms with Gasteiger partial charge in [0.25, 0.3) is 0 Å². The molecule has 0 saturated carbocycles. The van der Waals surface area contributed by atoms with Gasteiger partial charge in [0, 0.05) is 8.47 Å². The Morgan fingerprint density at radius 3 is 2.83 bits per heavy atom. The van der Waals surface area contributed by atoms with Gasteiger partial charge in [-0.1, -0.05) is 0 Å². The Balaban J connectivity index is 2.88. The van der Waals surface area contributed by atoms with E-state index < -0.39 is 0 Å². The maximum atomic E-state index is 12.8. The number of thiol groups is 1. The SMILES string of the molecule is Fc1cc2cc(S)cc(I)c2s1. The number of hydrogen-bond acceptors (Lipinski definition) is 2. The quantitative estimate of drug-likeness (QED) is 0.553. The zero-order chi connectivity index (χ0) is 8.72. The maximum Gasteiger partial charge on any atom is 0.177 e. The highest BCUT2D eigenvalue weighted by Gasteiger charge is 2.04. The van der Waals surface area contributed by atoms with Crippen molar-refractivity contribution in [2.24, 2.45) is 0 Å². The Kier molecular flexibility index (Phi) is 2.31. The van der Waals surface area contributed by atoms with E-state index in [9.17, 15) is 4.39 Å². The molecule has 0 unspecified atom stereocenters. The predicted octanol–water partition coefficient (Wildman–Crippen LogP) is 3.93. The minimum Gasteiger partial charge on any atom is -0.195 e. The molecule has 0 amide bonds. The van der Waals surface area contributed by atoms with Crippen LogP contribution < -0.4 is 0 Å². The van der Waals surface area contributed by atoms with E-state index in [4.69, 9.17) is 0 Å². The highest BCUT2D eigenvalue weighted by molar-refractivity contribution is 14.1. The summed E-state index contributed by atoms with van der Waals surface area (Å²) in [5.41, 5.74) is 0. The summed E-state index contributed by atoms with van der Waals surface area (Å²) in [4.78, 5) is 0.879. The monoisotopic (exact) mass is 310 g/mol. The van der Waals surface area contributed by atoms with Gasteiger partial charge in [0.05, 0.1) is 4.70 Å². The van der Waals surface area contributed by atoms with Crippen LogP contribution in [0.3, 0.4) is 0 Å². The topological polar surface area (TPSA) is 0 Å². The number of halogens is 2. The zero-order valence-corrected chi connectivity index (χ0v) is 9.71. The average Bonchev–Trinajstić information content (AvgIpc) is 2.29. The highest BCUT2D eigenvalue weighted by Crippen LogP contribution is 2.30. The first-order chi connectivity index (χ1) is 5.66. The molecule has 0 atom stereocenters. The van der Waals surface area contributed by atoms with Gasteiger partial charge < -0.3 is 0 Å². The van der Waals surface area contributed by atoms with E-state index in [-0.39, 0.29) is 5.13 Å². The Labute approximate surface area is 92.3 Å². The van der Waals surface area contributed by atoms with Gasteiger partial charge in [-0.3, -0.25) is 0 Å². The molecule has 0 radical (unpaired) electrons. The molecule has 0 fully saturated rings. The molecule has 0 aliphatic carbocycles. The van der Waals surface area contributed by atoms with E-state index in [0.717, 1.165) is 18.6 Å². The van der Waals surface area contributed by atoms with Crippen LogP contribution in [-0.4, -0.2) is 0 Å². The Bertz CT molecular complexity index is 436. The summed E-state index contributed by atoms with van der Waals surface area (Å²) in [6.07, 6.45) is 0. The van der Waals surface area contributed by atoms with Crippen molar-refractivity contribution in [3.8, 4) is 0 Å². The molecule has 0 nitrogen and oxygen atoms in total. The molecule has 2 rings (SSSR count). The van der Waals surface area contributed by atoms with Gasteiger partial charge in [-0.05, 0) is 46.2 Å². The first-order valence-electron chi connectivity index (χ1n) is 3.24. The van der Waals surface area contributed by atoms with Crippen LogP contribution in [0.4, 0.5) is 4.39 Å². The summed E-state index contributed by atoms with van der Waals surface area (Å²) in [5, 5.41) is 0.802. The third-order valence-electron chi connectivity index (χ3n) is 1.53. The average molecular weight is 310 g/mol. The maximum absolute atomic E-state index is 12.8. The summed E-state index contributed by atoms with van der Waals surface area (Å²) < 4.78 is 14.9. The van der Waals surface area contributed by atoms with Crippen LogP contribution in [0.5, 0.6) is 0 Å². The smallest absolute Gasteiger partial charge is 0.177 e. The van der Waals surface area contributed by atoms with Crippen molar-refractivity contribution in [2.45, 2.75) is 4.90 Å². The van der Waals surface area contributed by atoms with Crippen molar-refractivity contribution in [2.75, 3.05) is 0 Å². The first kappa shape index (κ1) is 8.77. The Hall–Kier alpha value is 0.190. The molecule has 0 saturated heterocycles. The van der Waals surface area contributed by atoms with Crippen LogP contribution in [-0.2, 0) is 0 Å². The van der Waals surface area contributed by atoms with Gasteiger partial charge in [-0.2, -0.15) is 4.39 Å². The van der Waals surface area contributed by atoms with E-state index >= 15 is 0 Å². The Morgan fingerprint density at radius 1 is 1.33 bits per heavy atom. The van der Waals surface area contributed by atoms with Gasteiger partial charge in [0.2, 0.25) is 0 Å². The molecule has 0 bridgehead atoms. The fourth-order valence-electron chi connectivity index (χ4n) is 1.06. The second-order valence-corrected chi connectivity index (χ2v) is 5.08. The molecular weight excluding hydrogens is 306 g/mol. The van der Waals surface area contributed by atoms with Crippen molar-refractivity contribution in [3.05, 3.63) is 26.9 Å². The second kappa shape index (κ2) is 3.16. The lowest BCUT2D eigenvalue weighted by molar-refractivity contribution is 0.658. The second-order valence-electron chi connectivity index (χ2n) is 2.40. The van der Waals surface area contributed by atoms with Gasteiger partial charge >= 0.3 is 0 Å². The number of rotatable bonds is 0. The van der Waals surface area contributed by atoms with E-state index in [0.29, 0.717) is 0 Å². The molecule has 0 aliphatic heterocycles. The van der Waals surface area contributed by atoms with Crippen molar-refractivity contribution in [3.63, 3.8) is 0 Å². The minimum atomic E-state index is -0.137. The third-order valence-corrected chi connectivity index (χ3v) is 3.97. The van der Waals surface area contributed by atoms with Crippen LogP contribution in [0.25, 0.3) is 10.1 Å². The van der Waals surface area contributed by atoms with Gasteiger partial charge in [0.15, 0.2) is 5.13 Å². The highest BCUT2D eigenvalue weighted by atomic mass is 127. The summed E-state index contributed by atoms with van der Waals surface area (Å²) in [6, 6.07) is 5.35. The van der Waals surface area contributed by atoms with E-state index in [1.54, 1.807) is 6.07 Å². The lowest BCUT2D eigenvalue weighted by Crippen LogP contribution is -1.71. The fourth-order valence-corrected chi connectivity index (χ4v) is 3.33. The van der Waals surface area contributed by atoms with E-state index in [1.807, 2.05) is 12.1 Å². The van der Waals surface area contributed by atoms with Gasteiger partial charge in [-0.25, -0.2) is 0 Å². The number of hydrogen-bond donors (Lipinski definition) is 1. The van der Waals surface area contributed by atoms with Gasteiger partial charge in [-0.15, -0.1) is 24.0 Å². The summed E-state index contributed by atoms with van der Waals surface area (Å²) >= 11 is 7.59. The summed E-state index contributed by atoms with van der Waals surface area (Å²) in [6.45, 7) is 0. The third kappa shape index (κ3) is 1.47. The minimum absolute atomic E-state index is 0.137. The molecule has 0 N–H and O–H groups in total. The molecular formula is C8H4FIS2. The van der Waals surface area contributed by atoms with Crippen molar-refractivity contribution in [1.82, 2.24) is 0 Å². The molecule has 62 valence electrons. The number of fused-ring (bicyclic) bond motifs is 1. The van der Waals surface area contributed by atoms with Crippen LogP contribution in [0.2, 0.25) is 0 Å². The van der Waals surface area contributed by atoms with Crippen molar-refractivity contribution < 1.29 is 4.39 Å². The molecule has 4 heteroatoms. The Morgan fingerprint density at radius 2 is 2.08 bits per heavy atom. The van der Waals surface area contributed by atoms with E-state index in [2.05, 4.69) is 35.2 Å². The molecule has 12 heavy (non-hydrogen) atoms. The summed E-state index contributed by atoms with van der Waals surface area (Å²) in [5.74, 6) is 0. The molecule has 2 aromatic rings. The normalized spacial score (nSPS) is 10.9. The number of benzene rings is 1. The molecule has 1 aromatic carbocycles. The largest absolute Gasteiger partial charge is 0.195 e. The zero-order valence-electron chi connectivity index (χ0n) is 5.84. The van der Waals surface area contributed by atoms with Crippen molar-refractivity contribution >= 4 is 56.6 Å². The standard InChI is InChI=1S/C8H4FIS2/c9-7-2-4-1-5(11)3-6(10)8(4)12-7/h1-3,11H. The first-order valence-corrected chi connectivity index (χ1v) is 5.58. The molecule has 1 aromatic heterocycles. The lowest BCUT2D eigenvalue weighted by atomic mass is 10.3.